The van der Waals surface area contributed by atoms with Crippen molar-refractivity contribution in [2.45, 2.75) is 6.04 Å². The van der Waals surface area contributed by atoms with Crippen LogP contribution in [0.15, 0.2) is 24.3 Å². The van der Waals surface area contributed by atoms with E-state index < -0.39 is 12.0 Å². The van der Waals surface area contributed by atoms with Gasteiger partial charge >= 0.3 is 5.97 Å². The van der Waals surface area contributed by atoms with E-state index in [9.17, 15) is 9.59 Å². The van der Waals surface area contributed by atoms with Crippen molar-refractivity contribution in [3.8, 4) is 11.5 Å². The highest BCUT2D eigenvalue weighted by atomic mass is 16.5. The Morgan fingerprint density at radius 2 is 2.04 bits per heavy atom. The molecule has 0 radical (unpaired) electrons. The van der Waals surface area contributed by atoms with E-state index in [1.807, 2.05) is 0 Å². The number of methoxy groups -OCH3 is 2. The fourth-order valence-corrected chi connectivity index (χ4v) is 2.29. The molecule has 1 amide bonds. The number of hydrogen-bond donors (Lipinski definition) is 1. The predicted octanol–water partition coefficient (Wildman–Crippen LogP) is 1.03. The molecule has 7 nitrogen and oxygen atoms in total. The number of carbonyl (C=O) groups excluding carboxylic acids is 1. The zero-order valence-electron chi connectivity index (χ0n) is 13.0. The summed E-state index contributed by atoms with van der Waals surface area (Å²) in [5.41, 5.74) is 0.746. The Hall–Kier alpha value is -2.54. The van der Waals surface area contributed by atoms with E-state index in [0.717, 1.165) is 5.56 Å². The Morgan fingerprint density at radius 1 is 1.30 bits per heavy atom. The van der Waals surface area contributed by atoms with Crippen molar-refractivity contribution in [2.75, 3.05) is 34.0 Å². The standard InChI is InChI=1S/C16H19NO6/c1-21-13-5-3-11(9-14(13)22-2)4-6-15(18)17-7-8-23-10-12(17)16(19)20/h3-6,9,12H,7-8,10H2,1-2H3,(H,19,20)/b6-4+. The van der Waals surface area contributed by atoms with Gasteiger partial charge in [0, 0.05) is 12.6 Å². The van der Waals surface area contributed by atoms with Crippen LogP contribution in [0.3, 0.4) is 0 Å². The van der Waals surface area contributed by atoms with Crippen molar-refractivity contribution >= 4 is 18.0 Å². The van der Waals surface area contributed by atoms with Gasteiger partial charge in [-0.15, -0.1) is 0 Å². The third-order valence-corrected chi connectivity index (χ3v) is 3.52. The first-order valence-electron chi connectivity index (χ1n) is 7.08. The third kappa shape index (κ3) is 4.01. The first kappa shape index (κ1) is 16.8. The molecule has 0 bridgehead atoms. The monoisotopic (exact) mass is 321 g/mol. The molecule has 0 spiro atoms. The molecule has 1 atom stereocenters. The Balaban J connectivity index is 2.12. The minimum Gasteiger partial charge on any atom is -0.493 e. The van der Waals surface area contributed by atoms with Crippen molar-refractivity contribution in [3.05, 3.63) is 29.8 Å². The largest absolute Gasteiger partial charge is 0.493 e. The molecule has 7 heteroatoms. The lowest BCUT2D eigenvalue weighted by molar-refractivity contribution is -0.156. The summed E-state index contributed by atoms with van der Waals surface area (Å²) in [4.78, 5) is 24.7. The summed E-state index contributed by atoms with van der Waals surface area (Å²) in [7, 11) is 3.07. The van der Waals surface area contributed by atoms with Gasteiger partial charge in [0.15, 0.2) is 17.5 Å². The summed E-state index contributed by atoms with van der Waals surface area (Å²) in [5, 5.41) is 9.14. The number of ether oxygens (including phenoxy) is 3. The fraction of sp³-hybridized carbons (Fsp3) is 0.375. The molecule has 0 aliphatic carbocycles. The number of carbonyl (C=O) groups is 2. The second-order valence-corrected chi connectivity index (χ2v) is 4.91. The fourth-order valence-electron chi connectivity index (χ4n) is 2.29. The van der Waals surface area contributed by atoms with Crippen molar-refractivity contribution in [2.24, 2.45) is 0 Å². The zero-order chi connectivity index (χ0) is 16.8. The summed E-state index contributed by atoms with van der Waals surface area (Å²) in [6, 6.07) is 4.29. The van der Waals surface area contributed by atoms with Crippen LogP contribution in [0.1, 0.15) is 5.56 Å². The normalized spacial score (nSPS) is 18.0. The molecular formula is C16H19NO6. The van der Waals surface area contributed by atoms with Crippen molar-refractivity contribution < 1.29 is 28.9 Å². The summed E-state index contributed by atoms with van der Waals surface area (Å²) in [6.45, 7) is 0.594. The highest BCUT2D eigenvalue weighted by molar-refractivity contribution is 5.94. The molecule has 124 valence electrons. The second-order valence-electron chi connectivity index (χ2n) is 4.91. The maximum Gasteiger partial charge on any atom is 0.328 e. The van der Waals surface area contributed by atoms with Crippen LogP contribution in [-0.4, -0.2) is 61.9 Å². The highest BCUT2D eigenvalue weighted by Gasteiger charge is 2.31. The van der Waals surface area contributed by atoms with E-state index in [1.54, 1.807) is 31.4 Å². The van der Waals surface area contributed by atoms with Crippen LogP contribution >= 0.6 is 0 Å². The summed E-state index contributed by atoms with van der Waals surface area (Å²) < 4.78 is 15.5. The van der Waals surface area contributed by atoms with Gasteiger partial charge in [0.1, 0.15) is 0 Å². The lowest BCUT2D eigenvalue weighted by Gasteiger charge is -2.31. The van der Waals surface area contributed by atoms with Crippen molar-refractivity contribution in [1.29, 1.82) is 0 Å². The molecule has 1 aliphatic rings. The average Bonchev–Trinajstić information content (AvgIpc) is 2.59. The number of nitrogens with zero attached hydrogens (tertiary/aromatic N) is 1. The lowest BCUT2D eigenvalue weighted by atomic mass is 10.1. The molecule has 1 unspecified atom stereocenters. The molecule has 1 saturated heterocycles. The molecule has 2 rings (SSSR count). The lowest BCUT2D eigenvalue weighted by Crippen LogP contribution is -2.52. The van der Waals surface area contributed by atoms with Gasteiger partial charge in [0.25, 0.3) is 0 Å². The van der Waals surface area contributed by atoms with Gasteiger partial charge < -0.3 is 24.2 Å². The third-order valence-electron chi connectivity index (χ3n) is 3.52. The van der Waals surface area contributed by atoms with Gasteiger partial charge in [-0.05, 0) is 23.8 Å². The van der Waals surface area contributed by atoms with Crippen molar-refractivity contribution in [3.63, 3.8) is 0 Å². The number of rotatable bonds is 5. The van der Waals surface area contributed by atoms with Gasteiger partial charge in [0.05, 0.1) is 27.4 Å². The minimum absolute atomic E-state index is 0.00523. The Morgan fingerprint density at radius 3 is 2.70 bits per heavy atom. The first-order valence-corrected chi connectivity index (χ1v) is 7.08. The van der Waals surface area contributed by atoms with Crippen molar-refractivity contribution in [1.82, 2.24) is 4.90 Å². The topological polar surface area (TPSA) is 85.3 Å². The van der Waals surface area contributed by atoms with E-state index in [0.29, 0.717) is 18.1 Å². The second kappa shape index (κ2) is 7.64. The molecule has 23 heavy (non-hydrogen) atoms. The number of hydrogen-bond acceptors (Lipinski definition) is 5. The van der Waals surface area contributed by atoms with Crippen LogP contribution in [-0.2, 0) is 14.3 Å². The molecule has 1 aromatic rings. The van der Waals surface area contributed by atoms with Gasteiger partial charge in [-0.2, -0.15) is 0 Å². The summed E-state index contributed by atoms with van der Waals surface area (Å²) >= 11 is 0. The predicted molar refractivity (Wildman–Crippen MR) is 82.5 cm³/mol. The summed E-state index contributed by atoms with van der Waals surface area (Å²) in [6.07, 6.45) is 2.96. The van der Waals surface area contributed by atoms with Gasteiger partial charge in [0.2, 0.25) is 5.91 Å². The molecule has 1 fully saturated rings. The Labute approximate surface area is 134 Å². The number of carboxylic acid groups (broad SMARTS) is 1. The number of carboxylic acids is 1. The number of aliphatic carboxylic acids is 1. The number of benzene rings is 1. The molecular weight excluding hydrogens is 302 g/mol. The van der Waals surface area contributed by atoms with E-state index >= 15 is 0 Å². The van der Waals surface area contributed by atoms with Crippen LogP contribution in [0.4, 0.5) is 0 Å². The van der Waals surface area contributed by atoms with E-state index in [1.165, 1.54) is 18.1 Å². The van der Waals surface area contributed by atoms with Crippen LogP contribution < -0.4 is 9.47 Å². The highest BCUT2D eigenvalue weighted by Crippen LogP contribution is 2.28. The molecule has 1 aromatic carbocycles. The van der Waals surface area contributed by atoms with Gasteiger partial charge in [-0.25, -0.2) is 4.79 Å². The number of morpholine rings is 1. The van der Waals surface area contributed by atoms with Crippen LogP contribution in [0.2, 0.25) is 0 Å². The molecule has 1 aliphatic heterocycles. The number of amides is 1. The zero-order valence-corrected chi connectivity index (χ0v) is 13.0. The quantitative estimate of drug-likeness (QED) is 0.815. The molecule has 1 N–H and O–H groups in total. The van der Waals surface area contributed by atoms with E-state index in [-0.39, 0.29) is 19.1 Å². The molecule has 1 heterocycles. The molecule has 0 saturated carbocycles. The molecule has 0 aromatic heterocycles. The van der Waals surface area contributed by atoms with Gasteiger partial charge in [-0.1, -0.05) is 6.07 Å². The van der Waals surface area contributed by atoms with Gasteiger partial charge in [-0.3, -0.25) is 4.79 Å². The summed E-state index contributed by atoms with van der Waals surface area (Å²) in [5.74, 6) is -0.292. The first-order chi connectivity index (χ1) is 11.1. The SMILES string of the molecule is COc1ccc(/C=C/C(=O)N2CCOCC2C(=O)O)cc1OC. The van der Waals surface area contributed by atoms with Crippen LogP contribution in [0, 0.1) is 0 Å². The maximum absolute atomic E-state index is 12.2. The minimum atomic E-state index is -1.07. The van der Waals surface area contributed by atoms with E-state index in [4.69, 9.17) is 19.3 Å². The van der Waals surface area contributed by atoms with Crippen LogP contribution in [0.5, 0.6) is 11.5 Å². The van der Waals surface area contributed by atoms with E-state index in [2.05, 4.69) is 0 Å². The average molecular weight is 321 g/mol. The smallest absolute Gasteiger partial charge is 0.328 e. The maximum atomic E-state index is 12.2. The Kier molecular flexibility index (Phi) is 5.59. The Bertz CT molecular complexity index is 613. The van der Waals surface area contributed by atoms with Crippen LogP contribution in [0.25, 0.3) is 6.08 Å².